The van der Waals surface area contributed by atoms with E-state index >= 15 is 0 Å². The number of ether oxygens (including phenoxy) is 1. The number of aliphatic imine (C=N–C) groups is 1. The first-order valence-corrected chi connectivity index (χ1v) is 8.36. The molecule has 4 heteroatoms. The summed E-state index contributed by atoms with van der Waals surface area (Å²) < 4.78 is 6.05. The van der Waals surface area contributed by atoms with E-state index in [0.717, 1.165) is 18.5 Å². The molecule has 5 atom stereocenters. The first-order valence-electron chi connectivity index (χ1n) is 8.36. The molecule has 1 saturated heterocycles. The SMILES string of the molecule is CN=C(NC1CC1C)NC1C2CCOC2C12CCCC2. The Morgan fingerprint density at radius 1 is 1.25 bits per heavy atom. The summed E-state index contributed by atoms with van der Waals surface area (Å²) >= 11 is 0. The zero-order chi connectivity index (χ0) is 13.7. The van der Waals surface area contributed by atoms with Gasteiger partial charge in [-0.1, -0.05) is 19.8 Å². The summed E-state index contributed by atoms with van der Waals surface area (Å²) in [5.74, 6) is 2.53. The molecule has 3 aliphatic carbocycles. The second-order valence-corrected chi connectivity index (χ2v) is 7.34. The van der Waals surface area contributed by atoms with Gasteiger partial charge in [-0.05, 0) is 31.6 Å². The van der Waals surface area contributed by atoms with E-state index in [1.54, 1.807) is 0 Å². The molecule has 0 aromatic carbocycles. The van der Waals surface area contributed by atoms with Crippen LogP contribution in [0.2, 0.25) is 0 Å². The lowest BCUT2D eigenvalue weighted by Crippen LogP contribution is -2.69. The fraction of sp³-hybridized carbons (Fsp3) is 0.938. The second kappa shape index (κ2) is 4.62. The van der Waals surface area contributed by atoms with E-state index in [2.05, 4.69) is 22.5 Å². The molecule has 0 aromatic heterocycles. The van der Waals surface area contributed by atoms with Crippen LogP contribution in [0.15, 0.2) is 4.99 Å². The van der Waals surface area contributed by atoms with Crippen molar-refractivity contribution >= 4 is 5.96 Å². The maximum atomic E-state index is 6.05. The van der Waals surface area contributed by atoms with Crippen LogP contribution < -0.4 is 10.6 Å². The average molecular weight is 277 g/mol. The lowest BCUT2D eigenvalue weighted by Gasteiger charge is -2.57. The molecular formula is C16H27N3O. The van der Waals surface area contributed by atoms with Crippen LogP contribution in [0, 0.1) is 17.3 Å². The van der Waals surface area contributed by atoms with E-state index in [4.69, 9.17) is 4.74 Å². The minimum absolute atomic E-state index is 0.411. The van der Waals surface area contributed by atoms with Crippen molar-refractivity contribution in [3.05, 3.63) is 0 Å². The maximum Gasteiger partial charge on any atom is 0.191 e. The summed E-state index contributed by atoms with van der Waals surface area (Å²) in [4.78, 5) is 4.45. The predicted molar refractivity (Wildman–Crippen MR) is 79.7 cm³/mol. The molecule has 1 spiro atoms. The third-order valence-corrected chi connectivity index (χ3v) is 6.23. The fourth-order valence-corrected chi connectivity index (χ4v) is 4.92. The molecule has 1 aliphatic heterocycles. The second-order valence-electron chi connectivity index (χ2n) is 7.34. The van der Waals surface area contributed by atoms with Gasteiger partial charge in [-0.15, -0.1) is 0 Å². The van der Waals surface area contributed by atoms with E-state index in [-0.39, 0.29) is 0 Å². The Kier molecular flexibility index (Phi) is 2.99. The summed E-state index contributed by atoms with van der Waals surface area (Å²) in [7, 11) is 1.89. The molecule has 4 fully saturated rings. The Labute approximate surface area is 121 Å². The number of fused-ring (bicyclic) bond motifs is 2. The first kappa shape index (κ1) is 12.9. The van der Waals surface area contributed by atoms with Gasteiger partial charge < -0.3 is 15.4 Å². The van der Waals surface area contributed by atoms with Crippen molar-refractivity contribution in [3.8, 4) is 0 Å². The Hall–Kier alpha value is -0.770. The van der Waals surface area contributed by atoms with E-state index < -0.39 is 0 Å². The molecule has 0 radical (unpaired) electrons. The maximum absolute atomic E-state index is 6.05. The zero-order valence-electron chi connectivity index (χ0n) is 12.7. The standard InChI is InChI=1S/C16H27N3O/c1-10-9-12(10)18-15(17-2)19-13-11-5-8-20-14(11)16(13)6-3-4-7-16/h10-14H,3-9H2,1-2H3,(H2,17,18,19). The third-order valence-electron chi connectivity index (χ3n) is 6.23. The van der Waals surface area contributed by atoms with E-state index in [1.807, 2.05) is 7.05 Å². The van der Waals surface area contributed by atoms with Crippen LogP contribution in [-0.2, 0) is 4.74 Å². The molecule has 4 nitrogen and oxygen atoms in total. The average Bonchev–Trinajstić information content (AvgIpc) is 2.92. The van der Waals surface area contributed by atoms with Crippen LogP contribution in [0.25, 0.3) is 0 Å². The van der Waals surface area contributed by atoms with Gasteiger partial charge in [-0.2, -0.15) is 0 Å². The highest BCUT2D eigenvalue weighted by Crippen LogP contribution is 2.60. The Bertz CT molecular complexity index is 416. The van der Waals surface area contributed by atoms with E-state index in [1.165, 1.54) is 38.5 Å². The summed E-state index contributed by atoms with van der Waals surface area (Å²) in [5.41, 5.74) is 0.411. The van der Waals surface area contributed by atoms with Crippen molar-refractivity contribution in [2.45, 2.75) is 63.6 Å². The quantitative estimate of drug-likeness (QED) is 0.599. The topological polar surface area (TPSA) is 45.7 Å². The van der Waals surface area contributed by atoms with Gasteiger partial charge in [0.1, 0.15) is 0 Å². The molecule has 5 unspecified atom stereocenters. The van der Waals surface area contributed by atoms with E-state index in [0.29, 0.717) is 29.5 Å². The molecule has 112 valence electrons. The van der Waals surface area contributed by atoms with Crippen LogP contribution >= 0.6 is 0 Å². The van der Waals surface area contributed by atoms with Crippen molar-refractivity contribution in [1.82, 2.24) is 10.6 Å². The number of nitrogens with zero attached hydrogens (tertiary/aromatic N) is 1. The van der Waals surface area contributed by atoms with Gasteiger partial charge in [0.2, 0.25) is 0 Å². The highest BCUT2D eigenvalue weighted by molar-refractivity contribution is 5.81. The van der Waals surface area contributed by atoms with E-state index in [9.17, 15) is 0 Å². The molecule has 3 saturated carbocycles. The van der Waals surface area contributed by atoms with Gasteiger partial charge in [0.15, 0.2) is 5.96 Å². The van der Waals surface area contributed by atoms with Crippen LogP contribution in [0.4, 0.5) is 0 Å². The largest absolute Gasteiger partial charge is 0.377 e. The normalized spacial score (nSPS) is 45.1. The number of rotatable bonds is 2. The van der Waals surface area contributed by atoms with Crippen molar-refractivity contribution < 1.29 is 4.74 Å². The van der Waals surface area contributed by atoms with Gasteiger partial charge in [0.05, 0.1) is 6.10 Å². The molecule has 1 heterocycles. The molecule has 4 rings (SSSR count). The van der Waals surface area contributed by atoms with Gasteiger partial charge in [0.25, 0.3) is 0 Å². The number of guanidine groups is 1. The van der Waals surface area contributed by atoms with Gasteiger partial charge in [-0.25, -0.2) is 0 Å². The predicted octanol–water partition coefficient (Wildman–Crippen LogP) is 1.91. The first-order chi connectivity index (χ1) is 9.74. The van der Waals surface area contributed by atoms with Gasteiger partial charge in [0, 0.05) is 37.1 Å². The van der Waals surface area contributed by atoms with Crippen molar-refractivity contribution in [2.75, 3.05) is 13.7 Å². The molecule has 2 N–H and O–H groups in total. The minimum atomic E-state index is 0.411. The van der Waals surface area contributed by atoms with Crippen LogP contribution in [0.1, 0.15) is 45.4 Å². The lowest BCUT2D eigenvalue weighted by atomic mass is 9.54. The van der Waals surface area contributed by atoms with Crippen molar-refractivity contribution in [3.63, 3.8) is 0 Å². The third kappa shape index (κ3) is 1.80. The minimum Gasteiger partial charge on any atom is -0.377 e. The number of hydrogen-bond acceptors (Lipinski definition) is 2. The molecular weight excluding hydrogens is 250 g/mol. The number of hydrogen-bond donors (Lipinski definition) is 2. The lowest BCUT2D eigenvalue weighted by molar-refractivity contribution is -0.125. The molecule has 0 amide bonds. The summed E-state index contributed by atoms with van der Waals surface area (Å²) in [6.07, 6.45) is 8.45. The Morgan fingerprint density at radius 2 is 2.00 bits per heavy atom. The van der Waals surface area contributed by atoms with Crippen LogP contribution in [-0.4, -0.2) is 37.8 Å². The Morgan fingerprint density at radius 3 is 2.65 bits per heavy atom. The highest BCUT2D eigenvalue weighted by atomic mass is 16.5. The number of nitrogens with one attached hydrogen (secondary N) is 2. The summed E-state index contributed by atoms with van der Waals surface area (Å²) in [6, 6.07) is 1.22. The van der Waals surface area contributed by atoms with Gasteiger partial charge in [-0.3, -0.25) is 4.99 Å². The molecule has 20 heavy (non-hydrogen) atoms. The smallest absolute Gasteiger partial charge is 0.191 e. The van der Waals surface area contributed by atoms with Crippen LogP contribution in [0.3, 0.4) is 0 Å². The van der Waals surface area contributed by atoms with Crippen molar-refractivity contribution in [1.29, 1.82) is 0 Å². The monoisotopic (exact) mass is 277 g/mol. The molecule has 4 aliphatic rings. The Balaban J connectivity index is 1.46. The fourth-order valence-electron chi connectivity index (χ4n) is 4.92. The molecule has 0 aromatic rings. The van der Waals surface area contributed by atoms with Gasteiger partial charge >= 0.3 is 0 Å². The summed E-state index contributed by atoms with van der Waals surface area (Å²) in [6.45, 7) is 3.26. The highest BCUT2D eigenvalue weighted by Gasteiger charge is 2.65. The molecule has 0 bridgehead atoms. The van der Waals surface area contributed by atoms with Crippen LogP contribution in [0.5, 0.6) is 0 Å². The van der Waals surface area contributed by atoms with Crippen molar-refractivity contribution in [2.24, 2.45) is 22.2 Å². The summed E-state index contributed by atoms with van der Waals surface area (Å²) in [5, 5.41) is 7.33. The zero-order valence-corrected chi connectivity index (χ0v) is 12.7.